The van der Waals surface area contributed by atoms with E-state index in [1.807, 2.05) is 0 Å². The number of aromatic nitrogens is 1. The molecule has 56 heavy (non-hydrogen) atoms. The first-order valence-electron chi connectivity index (χ1n) is 19.3. The molecule has 10 aromatic rings. The third-order valence-corrected chi connectivity index (χ3v) is 11.2. The highest BCUT2D eigenvalue weighted by Crippen LogP contribution is 2.43. The van der Waals surface area contributed by atoms with E-state index in [0.29, 0.717) is 0 Å². The first-order chi connectivity index (χ1) is 27.6. The molecule has 0 saturated heterocycles. The summed E-state index contributed by atoms with van der Waals surface area (Å²) in [5.41, 5.74) is 16.8. The molecule has 2 nitrogen and oxygen atoms in total. The topological polar surface area (TPSA) is 8.17 Å². The van der Waals surface area contributed by atoms with Crippen molar-refractivity contribution in [3.8, 4) is 39.1 Å². The van der Waals surface area contributed by atoms with Gasteiger partial charge >= 0.3 is 0 Å². The van der Waals surface area contributed by atoms with E-state index < -0.39 is 0 Å². The summed E-state index contributed by atoms with van der Waals surface area (Å²) in [7, 11) is 0. The van der Waals surface area contributed by atoms with Crippen LogP contribution in [0, 0.1) is 13.8 Å². The van der Waals surface area contributed by atoms with Crippen molar-refractivity contribution in [1.29, 1.82) is 0 Å². The molecule has 0 aliphatic heterocycles. The summed E-state index contributed by atoms with van der Waals surface area (Å²) < 4.78 is 2.42. The number of hydrogen-bond donors (Lipinski definition) is 0. The molecular weight excluding hydrogens is 677 g/mol. The van der Waals surface area contributed by atoms with Crippen LogP contribution in [0.3, 0.4) is 0 Å². The van der Waals surface area contributed by atoms with Crippen LogP contribution in [0.2, 0.25) is 0 Å². The minimum atomic E-state index is 1.10. The molecule has 0 amide bonds. The molecule has 9 aromatic carbocycles. The fourth-order valence-corrected chi connectivity index (χ4v) is 8.44. The van der Waals surface area contributed by atoms with Crippen LogP contribution in [-0.2, 0) is 0 Å². The first kappa shape index (κ1) is 33.4. The van der Waals surface area contributed by atoms with Gasteiger partial charge in [0, 0.05) is 33.2 Å². The number of nitrogens with zero attached hydrogens (tertiary/aromatic N) is 2. The second-order valence-corrected chi connectivity index (χ2v) is 14.7. The average Bonchev–Trinajstić information content (AvgIpc) is 3.58. The monoisotopic (exact) mass is 716 g/mol. The van der Waals surface area contributed by atoms with Crippen molar-refractivity contribution < 1.29 is 0 Å². The highest BCUT2D eigenvalue weighted by Gasteiger charge is 2.20. The number of fused-ring (bicyclic) bond motifs is 4. The predicted molar refractivity (Wildman–Crippen MR) is 239 cm³/mol. The average molecular weight is 717 g/mol. The molecular formula is C54H40N2. The van der Waals surface area contributed by atoms with Crippen molar-refractivity contribution in [2.75, 3.05) is 4.90 Å². The molecule has 1 heterocycles. The normalized spacial score (nSPS) is 11.4. The van der Waals surface area contributed by atoms with E-state index in [0.717, 1.165) is 28.3 Å². The zero-order chi connectivity index (χ0) is 37.6. The Balaban J connectivity index is 1.19. The van der Waals surface area contributed by atoms with Crippen molar-refractivity contribution in [3.63, 3.8) is 0 Å². The smallest absolute Gasteiger partial charge is 0.0561 e. The lowest BCUT2D eigenvalue weighted by molar-refractivity contribution is 1.18. The van der Waals surface area contributed by atoms with Crippen LogP contribution < -0.4 is 4.90 Å². The van der Waals surface area contributed by atoms with E-state index in [-0.39, 0.29) is 0 Å². The van der Waals surface area contributed by atoms with E-state index >= 15 is 0 Å². The first-order valence-corrected chi connectivity index (χ1v) is 19.3. The van der Waals surface area contributed by atoms with Crippen LogP contribution in [0.15, 0.2) is 206 Å². The Morgan fingerprint density at radius 2 is 1.00 bits per heavy atom. The molecule has 2 heteroatoms. The maximum atomic E-state index is 2.42. The summed E-state index contributed by atoms with van der Waals surface area (Å²) in [5, 5.41) is 4.87. The van der Waals surface area contributed by atoms with Crippen molar-refractivity contribution in [2.45, 2.75) is 13.8 Å². The molecule has 0 aliphatic rings. The zero-order valence-electron chi connectivity index (χ0n) is 31.5. The van der Waals surface area contributed by atoms with Gasteiger partial charge in [-0.2, -0.15) is 0 Å². The molecule has 0 fully saturated rings. The van der Waals surface area contributed by atoms with E-state index in [9.17, 15) is 0 Å². The molecule has 0 spiro atoms. The summed E-state index contributed by atoms with van der Waals surface area (Å²) in [6.07, 6.45) is 0. The Hall–Kier alpha value is -7.16. The van der Waals surface area contributed by atoms with Crippen LogP contribution in [0.25, 0.3) is 71.6 Å². The second-order valence-electron chi connectivity index (χ2n) is 14.7. The third-order valence-electron chi connectivity index (χ3n) is 11.2. The number of benzene rings is 9. The lowest BCUT2D eigenvalue weighted by Gasteiger charge is -2.27. The van der Waals surface area contributed by atoms with Gasteiger partial charge < -0.3 is 9.47 Å². The maximum Gasteiger partial charge on any atom is 0.0561 e. The van der Waals surface area contributed by atoms with Crippen molar-refractivity contribution in [1.82, 2.24) is 4.57 Å². The highest BCUT2D eigenvalue weighted by atomic mass is 15.1. The van der Waals surface area contributed by atoms with Crippen LogP contribution in [0.4, 0.5) is 17.1 Å². The SMILES string of the molecule is Cc1ccccc1-c1cc(-c2ccc3c(c2)c2ccc(N(c4cccc(-c5ccccc5)c4)c4cccc5ccccc45)cc2n3-c2ccccc2)ccc1C. The maximum absolute atomic E-state index is 2.42. The molecule has 1 aromatic heterocycles. The molecule has 10 rings (SSSR count). The molecule has 0 N–H and O–H groups in total. The fraction of sp³-hybridized carbons (Fsp3) is 0.0370. The van der Waals surface area contributed by atoms with Gasteiger partial charge in [-0.25, -0.2) is 0 Å². The summed E-state index contributed by atoms with van der Waals surface area (Å²) in [4.78, 5) is 2.42. The number of para-hydroxylation sites is 1. The van der Waals surface area contributed by atoms with Crippen molar-refractivity contribution in [2.24, 2.45) is 0 Å². The molecule has 0 saturated carbocycles. The molecule has 0 radical (unpaired) electrons. The van der Waals surface area contributed by atoms with Gasteiger partial charge in [0.25, 0.3) is 0 Å². The Labute approximate surface area is 328 Å². The number of anilines is 3. The Bertz CT molecular complexity index is 3040. The van der Waals surface area contributed by atoms with Gasteiger partial charge in [0.15, 0.2) is 0 Å². The second kappa shape index (κ2) is 13.9. The van der Waals surface area contributed by atoms with Crippen LogP contribution in [0.1, 0.15) is 11.1 Å². The van der Waals surface area contributed by atoms with Gasteiger partial charge in [-0.05, 0) is 124 Å². The number of rotatable bonds is 7. The van der Waals surface area contributed by atoms with Gasteiger partial charge in [0.1, 0.15) is 0 Å². The molecule has 0 bridgehead atoms. The fourth-order valence-electron chi connectivity index (χ4n) is 8.44. The zero-order valence-corrected chi connectivity index (χ0v) is 31.5. The standard InChI is InChI=1S/C54H40N2/c1-37-15-9-11-24-47(37)50-34-42(28-27-38(50)2)43-29-32-53-51(35-43)49-31-30-46(36-54(49)56(53)44-21-7-4-8-22-44)55(52-26-14-19-40-18-10-12-25-48(40)52)45-23-13-20-41(33-45)39-16-5-3-6-17-39/h3-36H,1-2H3. The quantitative estimate of drug-likeness (QED) is 0.159. The van der Waals surface area contributed by atoms with Crippen LogP contribution >= 0.6 is 0 Å². The largest absolute Gasteiger partial charge is 0.310 e. The van der Waals surface area contributed by atoms with E-state index in [1.165, 1.54) is 71.6 Å². The Morgan fingerprint density at radius 1 is 0.357 bits per heavy atom. The van der Waals surface area contributed by atoms with E-state index in [1.54, 1.807) is 0 Å². The molecule has 0 atom stereocenters. The number of hydrogen-bond acceptors (Lipinski definition) is 1. The van der Waals surface area contributed by atoms with Gasteiger partial charge in [-0.3, -0.25) is 0 Å². The van der Waals surface area contributed by atoms with E-state index in [4.69, 9.17) is 0 Å². The minimum Gasteiger partial charge on any atom is -0.310 e. The lowest BCUT2D eigenvalue weighted by atomic mass is 9.92. The van der Waals surface area contributed by atoms with Gasteiger partial charge in [0.05, 0.1) is 16.7 Å². The highest BCUT2D eigenvalue weighted by molar-refractivity contribution is 6.12. The predicted octanol–water partition coefficient (Wildman–Crippen LogP) is 15.0. The Morgan fingerprint density at radius 3 is 1.86 bits per heavy atom. The molecule has 266 valence electrons. The van der Waals surface area contributed by atoms with Gasteiger partial charge in [0.2, 0.25) is 0 Å². The summed E-state index contributed by atoms with van der Waals surface area (Å²) >= 11 is 0. The lowest BCUT2D eigenvalue weighted by Crippen LogP contribution is -2.10. The van der Waals surface area contributed by atoms with Crippen LogP contribution in [0.5, 0.6) is 0 Å². The molecule has 0 aliphatic carbocycles. The van der Waals surface area contributed by atoms with Gasteiger partial charge in [-0.1, -0.05) is 146 Å². The van der Waals surface area contributed by atoms with Crippen LogP contribution in [-0.4, -0.2) is 4.57 Å². The minimum absolute atomic E-state index is 1.10. The summed E-state index contributed by atoms with van der Waals surface area (Å²) in [6, 6.07) is 75.1. The third kappa shape index (κ3) is 5.84. The summed E-state index contributed by atoms with van der Waals surface area (Å²) in [5.74, 6) is 0. The van der Waals surface area contributed by atoms with Crippen molar-refractivity contribution >= 4 is 49.6 Å². The van der Waals surface area contributed by atoms with Crippen molar-refractivity contribution in [3.05, 3.63) is 217 Å². The van der Waals surface area contributed by atoms with E-state index in [2.05, 4.69) is 230 Å². The van der Waals surface area contributed by atoms with Gasteiger partial charge in [-0.15, -0.1) is 0 Å². The Kier molecular flexibility index (Phi) is 8.30. The molecule has 0 unspecified atom stereocenters. The summed E-state index contributed by atoms with van der Waals surface area (Å²) in [6.45, 7) is 4.40. The number of aryl methyl sites for hydroxylation is 2.